The zero-order valence-electron chi connectivity index (χ0n) is 11.5. The van der Waals surface area contributed by atoms with Crippen LogP contribution in [0.4, 0.5) is 0 Å². The normalized spacial score (nSPS) is 22.1. The molecule has 2 unspecified atom stereocenters. The van der Waals surface area contributed by atoms with E-state index < -0.39 is 0 Å². The number of thiophene rings is 1. The van der Waals surface area contributed by atoms with Gasteiger partial charge in [-0.15, -0.1) is 11.3 Å². The van der Waals surface area contributed by atoms with Crippen LogP contribution in [-0.4, -0.2) is 16.5 Å². The zero-order chi connectivity index (χ0) is 13.6. The molecule has 0 aromatic carbocycles. The molecule has 2 N–H and O–H groups in total. The summed E-state index contributed by atoms with van der Waals surface area (Å²) < 4.78 is 0. The standard InChI is InChI=1S/C14H19N3OS/c1-7-4-10(7)5-15-6-11-16-13(18)12-8(2)9(3)19-14(12)17-11/h7,10,15H,4-6H2,1-3H3,(H,16,17,18). The Bertz CT molecular complexity index is 673. The molecule has 1 aliphatic carbocycles. The summed E-state index contributed by atoms with van der Waals surface area (Å²) in [7, 11) is 0. The second-order valence-electron chi connectivity index (χ2n) is 5.58. The van der Waals surface area contributed by atoms with Gasteiger partial charge in [-0.25, -0.2) is 4.98 Å². The van der Waals surface area contributed by atoms with Crippen LogP contribution in [0.2, 0.25) is 0 Å². The third kappa shape index (κ3) is 2.44. The van der Waals surface area contributed by atoms with Gasteiger partial charge in [0.25, 0.3) is 5.56 Å². The van der Waals surface area contributed by atoms with E-state index >= 15 is 0 Å². The van der Waals surface area contributed by atoms with Crippen LogP contribution in [-0.2, 0) is 6.54 Å². The third-order valence-electron chi connectivity index (χ3n) is 4.06. The molecule has 102 valence electrons. The second-order valence-corrected chi connectivity index (χ2v) is 6.78. The second kappa shape index (κ2) is 4.72. The molecule has 2 aromatic rings. The lowest BCUT2D eigenvalue weighted by atomic mass is 10.2. The average molecular weight is 277 g/mol. The number of fused-ring (bicyclic) bond motifs is 1. The molecule has 3 rings (SSSR count). The highest BCUT2D eigenvalue weighted by molar-refractivity contribution is 7.18. The molecule has 0 spiro atoms. The Labute approximate surface area is 116 Å². The first-order chi connectivity index (χ1) is 9.06. The Morgan fingerprint density at radius 3 is 2.89 bits per heavy atom. The highest BCUT2D eigenvalue weighted by atomic mass is 32.1. The lowest BCUT2D eigenvalue weighted by Gasteiger charge is -2.03. The Hall–Kier alpha value is -1.20. The lowest BCUT2D eigenvalue weighted by molar-refractivity contribution is 0.597. The monoisotopic (exact) mass is 277 g/mol. The lowest BCUT2D eigenvalue weighted by Crippen LogP contribution is -2.21. The molecule has 0 amide bonds. The fraction of sp³-hybridized carbons (Fsp3) is 0.571. The van der Waals surface area contributed by atoms with Gasteiger partial charge >= 0.3 is 0 Å². The quantitative estimate of drug-likeness (QED) is 0.902. The minimum Gasteiger partial charge on any atom is -0.310 e. The number of rotatable bonds is 4. The van der Waals surface area contributed by atoms with Crippen molar-refractivity contribution < 1.29 is 0 Å². The van der Waals surface area contributed by atoms with Crippen molar-refractivity contribution in [2.45, 2.75) is 33.7 Å². The molecular weight excluding hydrogens is 258 g/mol. The molecule has 1 aliphatic rings. The smallest absolute Gasteiger partial charge is 0.259 e. The van der Waals surface area contributed by atoms with E-state index in [2.05, 4.69) is 22.2 Å². The number of aromatic nitrogens is 2. The fourth-order valence-corrected chi connectivity index (χ4v) is 3.49. The van der Waals surface area contributed by atoms with Crippen LogP contribution in [0, 0.1) is 25.7 Å². The van der Waals surface area contributed by atoms with Gasteiger partial charge in [0, 0.05) is 4.88 Å². The molecule has 0 radical (unpaired) electrons. The summed E-state index contributed by atoms with van der Waals surface area (Å²) in [4.78, 5) is 21.5. The van der Waals surface area contributed by atoms with Gasteiger partial charge in [0.1, 0.15) is 10.7 Å². The van der Waals surface area contributed by atoms with Crippen molar-refractivity contribution in [2.24, 2.45) is 11.8 Å². The maximum atomic E-state index is 12.1. The van der Waals surface area contributed by atoms with Crippen molar-refractivity contribution in [3.05, 3.63) is 26.6 Å². The number of hydrogen-bond donors (Lipinski definition) is 2. The molecule has 0 bridgehead atoms. The first-order valence-corrected chi connectivity index (χ1v) is 7.57. The summed E-state index contributed by atoms with van der Waals surface area (Å²) in [5, 5.41) is 4.13. The third-order valence-corrected chi connectivity index (χ3v) is 5.16. The number of aromatic amines is 1. The van der Waals surface area contributed by atoms with Crippen LogP contribution >= 0.6 is 11.3 Å². The van der Waals surface area contributed by atoms with Crippen LogP contribution in [0.5, 0.6) is 0 Å². The van der Waals surface area contributed by atoms with Gasteiger partial charge in [-0.1, -0.05) is 6.92 Å². The first kappa shape index (κ1) is 12.8. The summed E-state index contributed by atoms with van der Waals surface area (Å²) in [6.07, 6.45) is 1.32. The van der Waals surface area contributed by atoms with E-state index in [1.807, 2.05) is 13.8 Å². The number of nitrogens with one attached hydrogen (secondary N) is 2. The minimum absolute atomic E-state index is 0.0107. The van der Waals surface area contributed by atoms with E-state index in [0.717, 1.165) is 40.0 Å². The molecule has 0 saturated heterocycles. The van der Waals surface area contributed by atoms with Crippen LogP contribution in [0.1, 0.15) is 29.6 Å². The molecule has 1 fully saturated rings. The van der Waals surface area contributed by atoms with Crippen molar-refractivity contribution in [3.63, 3.8) is 0 Å². The Morgan fingerprint density at radius 1 is 1.47 bits per heavy atom. The van der Waals surface area contributed by atoms with Gasteiger partial charge in [-0.3, -0.25) is 4.79 Å². The fourth-order valence-electron chi connectivity index (χ4n) is 2.44. The topological polar surface area (TPSA) is 57.8 Å². The van der Waals surface area contributed by atoms with E-state index in [0.29, 0.717) is 6.54 Å². The van der Waals surface area contributed by atoms with Gasteiger partial charge in [0.05, 0.1) is 11.9 Å². The van der Waals surface area contributed by atoms with Crippen LogP contribution in [0.15, 0.2) is 4.79 Å². The number of H-pyrrole nitrogens is 1. The minimum atomic E-state index is -0.0107. The van der Waals surface area contributed by atoms with E-state index in [1.165, 1.54) is 11.3 Å². The van der Waals surface area contributed by atoms with Gasteiger partial charge in [-0.05, 0) is 44.2 Å². The molecule has 4 nitrogen and oxygen atoms in total. The maximum Gasteiger partial charge on any atom is 0.259 e. The molecular formula is C14H19N3OS. The van der Waals surface area contributed by atoms with E-state index in [4.69, 9.17) is 0 Å². The average Bonchev–Trinajstić information content (AvgIpc) is 2.96. The molecule has 2 atom stereocenters. The van der Waals surface area contributed by atoms with Crippen molar-refractivity contribution in [3.8, 4) is 0 Å². The predicted molar refractivity (Wildman–Crippen MR) is 78.7 cm³/mol. The number of aryl methyl sites for hydroxylation is 2. The molecule has 0 aliphatic heterocycles. The summed E-state index contributed by atoms with van der Waals surface area (Å²) in [6, 6.07) is 0. The summed E-state index contributed by atoms with van der Waals surface area (Å²) in [5.74, 6) is 2.40. The summed E-state index contributed by atoms with van der Waals surface area (Å²) in [5.41, 5.74) is 1.04. The Balaban J connectivity index is 1.79. The van der Waals surface area contributed by atoms with E-state index in [-0.39, 0.29) is 5.56 Å². The van der Waals surface area contributed by atoms with Crippen molar-refractivity contribution in [2.75, 3.05) is 6.54 Å². The van der Waals surface area contributed by atoms with Gasteiger partial charge in [0.2, 0.25) is 0 Å². The van der Waals surface area contributed by atoms with E-state index in [1.54, 1.807) is 11.3 Å². The van der Waals surface area contributed by atoms with Crippen molar-refractivity contribution >= 4 is 21.6 Å². The highest BCUT2D eigenvalue weighted by Gasteiger charge is 2.31. The SMILES string of the molecule is Cc1sc2nc(CNCC3CC3C)[nH]c(=O)c2c1C. The van der Waals surface area contributed by atoms with Crippen molar-refractivity contribution in [1.82, 2.24) is 15.3 Å². The highest BCUT2D eigenvalue weighted by Crippen LogP contribution is 2.36. The molecule has 5 heteroatoms. The molecule has 1 saturated carbocycles. The maximum absolute atomic E-state index is 12.1. The van der Waals surface area contributed by atoms with Crippen LogP contribution in [0.25, 0.3) is 10.2 Å². The molecule has 2 aromatic heterocycles. The van der Waals surface area contributed by atoms with E-state index in [9.17, 15) is 4.79 Å². The van der Waals surface area contributed by atoms with Crippen LogP contribution < -0.4 is 10.9 Å². The van der Waals surface area contributed by atoms with Crippen LogP contribution in [0.3, 0.4) is 0 Å². The summed E-state index contributed by atoms with van der Waals surface area (Å²) >= 11 is 1.60. The number of hydrogen-bond acceptors (Lipinski definition) is 4. The Kier molecular flexibility index (Phi) is 3.19. The molecule has 19 heavy (non-hydrogen) atoms. The summed E-state index contributed by atoms with van der Waals surface area (Å²) in [6.45, 7) is 7.95. The number of nitrogens with zero attached hydrogens (tertiary/aromatic N) is 1. The largest absolute Gasteiger partial charge is 0.310 e. The van der Waals surface area contributed by atoms with Gasteiger partial charge in [-0.2, -0.15) is 0 Å². The first-order valence-electron chi connectivity index (χ1n) is 6.76. The predicted octanol–water partition coefficient (Wildman–Crippen LogP) is 2.35. The molecule has 2 heterocycles. The van der Waals surface area contributed by atoms with Gasteiger partial charge < -0.3 is 10.3 Å². The zero-order valence-corrected chi connectivity index (χ0v) is 12.4. The van der Waals surface area contributed by atoms with Gasteiger partial charge in [0.15, 0.2) is 0 Å². The van der Waals surface area contributed by atoms with Crippen molar-refractivity contribution in [1.29, 1.82) is 0 Å². The Morgan fingerprint density at radius 2 is 2.21 bits per heavy atom.